The number of likely N-dealkylation sites (N-methyl/N-ethyl adjacent to an activating group) is 1. The number of rotatable bonds is 18. The molecule has 2 aromatic heterocycles. The number of aldehydes is 1. The maximum atomic E-state index is 17.1. The molecule has 16 heteroatoms. The first-order valence-electron chi connectivity index (χ1n) is 29.0. The number of amides is 1. The number of nitrogens with zero attached hydrogens (tertiary/aromatic N) is 9. The van der Waals surface area contributed by atoms with Crippen LogP contribution < -0.4 is 30.2 Å². The van der Waals surface area contributed by atoms with E-state index in [0.717, 1.165) is 94.6 Å². The molecule has 5 saturated heterocycles. The van der Waals surface area contributed by atoms with Gasteiger partial charge in [0.05, 0.1) is 28.4 Å². The molecule has 2 bridgehead atoms. The fraction of sp³-hybridized carbons (Fsp3) is 0.565. The van der Waals surface area contributed by atoms with Crippen LogP contribution in [0.4, 0.5) is 31.7 Å². The second-order valence-electron chi connectivity index (χ2n) is 22.7. The number of terminal acetylenes is 1. The highest BCUT2D eigenvalue weighted by Gasteiger charge is 2.35. The summed E-state index contributed by atoms with van der Waals surface area (Å²) in [4.78, 5) is 52.8. The molecule has 418 valence electrons. The number of phenols is 1. The lowest BCUT2D eigenvalue weighted by Gasteiger charge is -2.40. The van der Waals surface area contributed by atoms with Crippen LogP contribution >= 0.6 is 0 Å². The van der Waals surface area contributed by atoms with Crippen LogP contribution in [-0.2, 0) is 16.0 Å². The highest BCUT2D eigenvalue weighted by molar-refractivity contribution is 6.03. The minimum absolute atomic E-state index is 0.00591. The van der Waals surface area contributed by atoms with Gasteiger partial charge in [0.1, 0.15) is 40.7 Å². The summed E-state index contributed by atoms with van der Waals surface area (Å²) in [5.74, 6) is 4.61. The number of nitrogens with one attached hydrogen (secondary N) is 2. The number of pyridine rings is 1. The van der Waals surface area contributed by atoms with Gasteiger partial charge >= 0.3 is 0 Å². The Bertz CT molecular complexity index is 2910. The number of anilines is 4. The zero-order valence-electron chi connectivity index (χ0n) is 47.0. The minimum atomic E-state index is -0.642. The van der Waals surface area contributed by atoms with E-state index in [1.165, 1.54) is 94.5 Å². The molecule has 1 amide bonds. The number of hydrogen-bond donors (Lipinski definition) is 3. The first-order valence-corrected chi connectivity index (χ1v) is 29.0. The first-order chi connectivity index (χ1) is 37.9. The fourth-order valence-electron chi connectivity index (χ4n) is 13.2. The molecule has 10 rings (SSSR count). The van der Waals surface area contributed by atoms with Crippen molar-refractivity contribution in [3.05, 3.63) is 71.7 Å². The van der Waals surface area contributed by atoms with Gasteiger partial charge in [0.15, 0.2) is 5.82 Å². The molecule has 7 heterocycles. The molecule has 3 aromatic carbocycles. The number of benzene rings is 3. The Labute approximate surface area is 461 Å². The van der Waals surface area contributed by atoms with Crippen LogP contribution in [0.3, 0.4) is 0 Å². The van der Waals surface area contributed by atoms with Crippen molar-refractivity contribution in [2.45, 2.75) is 115 Å². The number of phenolic OH excluding ortho intramolecular Hbond substituents is 1. The molecule has 0 spiro atoms. The van der Waals surface area contributed by atoms with Crippen LogP contribution in [0.2, 0.25) is 0 Å². The minimum Gasteiger partial charge on any atom is -0.508 e. The average molecular weight is 1070 g/mol. The third kappa shape index (κ3) is 12.8. The van der Waals surface area contributed by atoms with Crippen molar-refractivity contribution in [2.24, 2.45) is 17.8 Å². The van der Waals surface area contributed by atoms with Crippen LogP contribution in [0.1, 0.15) is 102 Å². The molecule has 0 radical (unpaired) electrons. The lowest BCUT2D eigenvalue weighted by Crippen LogP contribution is -2.51. The van der Waals surface area contributed by atoms with E-state index in [9.17, 15) is 14.7 Å². The van der Waals surface area contributed by atoms with E-state index in [0.29, 0.717) is 65.1 Å². The van der Waals surface area contributed by atoms with E-state index in [4.69, 9.17) is 16.4 Å². The predicted molar refractivity (Wildman–Crippen MR) is 312 cm³/mol. The molecule has 3 N–H and O–H groups in total. The zero-order chi connectivity index (χ0) is 55.0. The van der Waals surface area contributed by atoms with Crippen molar-refractivity contribution in [1.82, 2.24) is 35.4 Å². The molecule has 5 aromatic rings. The summed E-state index contributed by atoms with van der Waals surface area (Å²) in [5, 5.41) is 18.4. The van der Waals surface area contributed by atoms with Crippen LogP contribution in [0.25, 0.3) is 32.9 Å². The van der Waals surface area contributed by atoms with E-state index in [1.54, 1.807) is 13.2 Å². The third-order valence-corrected chi connectivity index (χ3v) is 17.6. The highest BCUT2D eigenvalue weighted by Crippen LogP contribution is 2.40. The summed E-state index contributed by atoms with van der Waals surface area (Å²) in [6, 6.07) is 12.6. The van der Waals surface area contributed by atoms with E-state index < -0.39 is 11.6 Å². The SMILES string of the molecule is C#Cc1c(F)ccc2cc(O)cc(-c3ncc4c(N5CC6CCC(C5)N6)nc(CCCN5CCC(CC6CCN(CC7CCN(c8ccc(N(C)C(C=O)CCC(=O)NC)c(N(C)C)c8)CC7)CC6)CC5)nc4c3F)c12.CC. The van der Waals surface area contributed by atoms with Crippen molar-refractivity contribution >= 4 is 56.7 Å². The van der Waals surface area contributed by atoms with E-state index in [2.05, 4.69) is 64.2 Å². The quantitative estimate of drug-likeness (QED) is 0.0570. The monoisotopic (exact) mass is 1070 g/mol. The van der Waals surface area contributed by atoms with Crippen LogP contribution in [-0.4, -0.2) is 154 Å². The standard InChI is InChI=1S/C60H77F2N11O3.C2H6/c1-6-48-51(61)14-9-42-31-47(75)33-49(56(42)48)58-57(62)59-50(34-64-58)60(73-36-43-10-11-44(37-73)65-43)67-54(66-59)8-7-23-70-24-17-39(18-25-70)30-40-19-26-71(27-20-40)35-41-21-28-72(29-22-41)45-12-15-52(53(32-45)68(3)4)69(5)46(38-74)13-16-55(76)63-2;1-2/h1,9,12,14-15,31-34,38-41,43-44,46,65,75H,7-8,10-11,13,16-30,35-37H2,2-5H3,(H,63,76);1-2H3. The molecular weight excluding hydrogens is 985 g/mol. The van der Waals surface area contributed by atoms with Gasteiger partial charge in [-0.2, -0.15) is 0 Å². The molecule has 5 aliphatic rings. The number of fused-ring (bicyclic) bond motifs is 4. The molecule has 0 saturated carbocycles. The van der Waals surface area contributed by atoms with Gasteiger partial charge in [-0.25, -0.2) is 18.7 Å². The van der Waals surface area contributed by atoms with Crippen molar-refractivity contribution < 1.29 is 23.5 Å². The van der Waals surface area contributed by atoms with Gasteiger partial charge < -0.3 is 49.9 Å². The number of aryl methyl sites for hydroxylation is 1. The molecular formula is C62H83F2N11O3. The Hall–Kier alpha value is -6.15. The molecule has 5 fully saturated rings. The first kappa shape index (κ1) is 56.6. The largest absolute Gasteiger partial charge is 0.508 e. The maximum absolute atomic E-state index is 17.1. The topological polar surface area (TPSA) is 137 Å². The smallest absolute Gasteiger partial charge is 0.219 e. The fourth-order valence-corrected chi connectivity index (χ4v) is 13.2. The van der Waals surface area contributed by atoms with Crippen molar-refractivity contribution in [3.63, 3.8) is 0 Å². The number of hydrogen-bond acceptors (Lipinski definition) is 13. The van der Waals surface area contributed by atoms with E-state index >= 15 is 8.78 Å². The zero-order valence-corrected chi connectivity index (χ0v) is 47.0. The predicted octanol–water partition coefficient (Wildman–Crippen LogP) is 9.04. The van der Waals surface area contributed by atoms with Gasteiger partial charge in [0.25, 0.3) is 0 Å². The molecule has 3 unspecified atom stereocenters. The second-order valence-corrected chi connectivity index (χ2v) is 22.7. The van der Waals surface area contributed by atoms with Crippen molar-refractivity contribution in [3.8, 4) is 29.4 Å². The Morgan fingerprint density at radius 2 is 1.55 bits per heavy atom. The lowest BCUT2D eigenvalue weighted by atomic mass is 9.82. The van der Waals surface area contributed by atoms with E-state index in [-0.39, 0.29) is 40.0 Å². The van der Waals surface area contributed by atoms with Gasteiger partial charge in [-0.1, -0.05) is 25.8 Å². The summed E-state index contributed by atoms with van der Waals surface area (Å²) >= 11 is 0. The van der Waals surface area contributed by atoms with Crippen LogP contribution in [0, 0.1) is 41.7 Å². The van der Waals surface area contributed by atoms with E-state index in [1.807, 2.05) is 39.9 Å². The number of carbonyl (C=O) groups excluding carboxylic acids is 2. The molecule has 78 heavy (non-hydrogen) atoms. The van der Waals surface area contributed by atoms with Gasteiger partial charge in [-0.15, -0.1) is 6.42 Å². The van der Waals surface area contributed by atoms with Crippen molar-refractivity contribution in [2.75, 3.05) is 113 Å². The number of carbonyl (C=O) groups is 2. The summed E-state index contributed by atoms with van der Waals surface area (Å²) in [7, 11) is 7.65. The number of halogens is 2. The Kier molecular flexibility index (Phi) is 18.7. The molecule has 5 aliphatic heterocycles. The number of aromatic nitrogens is 3. The second kappa shape index (κ2) is 25.8. The average Bonchev–Trinajstić information content (AvgIpc) is 3.94. The van der Waals surface area contributed by atoms with Crippen LogP contribution in [0.5, 0.6) is 5.75 Å². The molecule has 3 atom stereocenters. The van der Waals surface area contributed by atoms with Gasteiger partial charge in [-0.05, 0) is 163 Å². The Morgan fingerprint density at radius 1 is 0.872 bits per heavy atom. The highest BCUT2D eigenvalue weighted by atomic mass is 19.1. The third-order valence-electron chi connectivity index (χ3n) is 17.6. The summed E-state index contributed by atoms with van der Waals surface area (Å²) in [6.45, 7) is 14.3. The maximum Gasteiger partial charge on any atom is 0.219 e. The summed E-state index contributed by atoms with van der Waals surface area (Å²) < 4.78 is 32.1. The summed E-state index contributed by atoms with van der Waals surface area (Å²) in [6.07, 6.45) is 21.5. The van der Waals surface area contributed by atoms with Crippen LogP contribution in [0.15, 0.2) is 48.7 Å². The normalized spacial score (nSPS) is 20.1. The lowest BCUT2D eigenvalue weighted by molar-refractivity contribution is -0.120. The number of piperazine rings is 1. The van der Waals surface area contributed by atoms with Gasteiger partial charge in [-0.3, -0.25) is 9.78 Å². The van der Waals surface area contributed by atoms with Crippen molar-refractivity contribution in [1.29, 1.82) is 0 Å². The molecule has 0 aliphatic carbocycles. The summed E-state index contributed by atoms with van der Waals surface area (Å²) in [5.41, 5.74) is 3.61. The number of likely N-dealkylation sites (tertiary alicyclic amines) is 2. The van der Waals surface area contributed by atoms with Gasteiger partial charge in [0.2, 0.25) is 5.91 Å². The Morgan fingerprint density at radius 3 is 2.21 bits per heavy atom. The van der Waals surface area contributed by atoms with Gasteiger partial charge in [0, 0.05) is 109 Å². The Balaban J connectivity index is 0.00000366. The number of piperidine rings is 3. The number of aromatic hydroxyl groups is 1. The molecule has 14 nitrogen and oxygen atoms in total.